The fraction of sp³-hybridized carbons (Fsp3) is 0.120. The molecule has 0 aromatic heterocycles. The molecule has 1 amide bonds. The van der Waals surface area contributed by atoms with Crippen LogP contribution < -0.4 is 14.9 Å². The van der Waals surface area contributed by atoms with Crippen LogP contribution in [0.4, 0.5) is 0 Å². The van der Waals surface area contributed by atoms with Gasteiger partial charge in [0.2, 0.25) is 0 Å². The normalized spacial score (nSPS) is 11.6. The standard InChI is InChI=1S/C25H24N2O3/c1-3-17-29-24-12-8-7-11-22(24)18-26-27-25(28)19(2)30-23-15-13-21(14-16-23)20-9-5-4-6-10-20/h3-16,18-19H,1,17H2,2H3,(H,27,28). The molecule has 3 rings (SSSR count). The molecular weight excluding hydrogens is 376 g/mol. The van der Waals surface area contributed by atoms with Crippen molar-refractivity contribution in [3.8, 4) is 22.6 Å². The van der Waals surface area contributed by atoms with Crippen molar-refractivity contribution >= 4 is 12.1 Å². The van der Waals surface area contributed by atoms with Crippen molar-refractivity contribution in [3.05, 3.63) is 97.1 Å². The Hall–Kier alpha value is -3.86. The van der Waals surface area contributed by atoms with Gasteiger partial charge in [-0.15, -0.1) is 0 Å². The number of hydrogen-bond donors (Lipinski definition) is 1. The quantitative estimate of drug-likeness (QED) is 0.318. The molecular formula is C25H24N2O3. The third-order valence-electron chi connectivity index (χ3n) is 4.30. The lowest BCUT2D eigenvalue weighted by Gasteiger charge is -2.13. The van der Waals surface area contributed by atoms with Crippen LogP contribution in [0.2, 0.25) is 0 Å². The molecule has 5 heteroatoms. The second kappa shape index (κ2) is 10.6. The summed E-state index contributed by atoms with van der Waals surface area (Å²) in [6.07, 6.45) is 2.51. The number of benzene rings is 3. The highest BCUT2D eigenvalue weighted by molar-refractivity contribution is 5.86. The molecule has 3 aromatic rings. The summed E-state index contributed by atoms with van der Waals surface area (Å²) < 4.78 is 11.3. The molecule has 0 fully saturated rings. The minimum Gasteiger partial charge on any atom is -0.489 e. The minimum absolute atomic E-state index is 0.345. The molecule has 5 nitrogen and oxygen atoms in total. The van der Waals surface area contributed by atoms with Crippen molar-refractivity contribution in [1.82, 2.24) is 5.43 Å². The van der Waals surface area contributed by atoms with Gasteiger partial charge >= 0.3 is 0 Å². The van der Waals surface area contributed by atoms with Crippen LogP contribution in [0.5, 0.6) is 11.5 Å². The average Bonchev–Trinajstić information content (AvgIpc) is 2.79. The highest BCUT2D eigenvalue weighted by atomic mass is 16.5. The predicted octanol–water partition coefficient (Wildman–Crippen LogP) is 4.84. The van der Waals surface area contributed by atoms with E-state index in [4.69, 9.17) is 9.47 Å². The summed E-state index contributed by atoms with van der Waals surface area (Å²) in [6.45, 7) is 5.71. The zero-order valence-electron chi connectivity index (χ0n) is 16.8. The van der Waals surface area contributed by atoms with Gasteiger partial charge < -0.3 is 9.47 Å². The molecule has 0 saturated carbocycles. The summed E-state index contributed by atoms with van der Waals surface area (Å²) >= 11 is 0. The van der Waals surface area contributed by atoms with Gasteiger partial charge in [0.1, 0.15) is 18.1 Å². The van der Waals surface area contributed by atoms with Crippen LogP contribution >= 0.6 is 0 Å². The van der Waals surface area contributed by atoms with Gasteiger partial charge in [-0.2, -0.15) is 5.10 Å². The van der Waals surface area contributed by atoms with Crippen molar-refractivity contribution in [2.24, 2.45) is 5.10 Å². The molecule has 0 aliphatic carbocycles. The van der Waals surface area contributed by atoms with Gasteiger partial charge in [0.15, 0.2) is 6.10 Å². The molecule has 30 heavy (non-hydrogen) atoms. The molecule has 152 valence electrons. The summed E-state index contributed by atoms with van der Waals surface area (Å²) in [4.78, 5) is 12.3. The zero-order chi connectivity index (χ0) is 21.2. The first-order chi connectivity index (χ1) is 14.7. The zero-order valence-corrected chi connectivity index (χ0v) is 16.8. The van der Waals surface area contributed by atoms with E-state index >= 15 is 0 Å². The molecule has 0 aliphatic rings. The van der Waals surface area contributed by atoms with Crippen molar-refractivity contribution in [2.45, 2.75) is 13.0 Å². The lowest BCUT2D eigenvalue weighted by Crippen LogP contribution is -2.33. The number of ether oxygens (including phenoxy) is 2. The van der Waals surface area contributed by atoms with Gasteiger partial charge in [-0.25, -0.2) is 5.43 Å². The fourth-order valence-electron chi connectivity index (χ4n) is 2.74. The van der Waals surface area contributed by atoms with E-state index in [0.717, 1.165) is 16.7 Å². The van der Waals surface area contributed by atoms with Crippen molar-refractivity contribution in [2.75, 3.05) is 6.61 Å². The highest BCUT2D eigenvalue weighted by Crippen LogP contribution is 2.22. The Balaban J connectivity index is 1.55. The third kappa shape index (κ3) is 5.82. The van der Waals surface area contributed by atoms with Gasteiger partial charge in [-0.1, -0.05) is 67.3 Å². The SMILES string of the molecule is C=CCOc1ccccc1C=NNC(=O)C(C)Oc1ccc(-c2ccccc2)cc1. The Bertz CT molecular complexity index is 998. The van der Waals surface area contributed by atoms with Crippen molar-refractivity contribution in [3.63, 3.8) is 0 Å². The maximum absolute atomic E-state index is 12.3. The molecule has 0 heterocycles. The van der Waals surface area contributed by atoms with Gasteiger partial charge in [0, 0.05) is 5.56 Å². The number of amides is 1. The molecule has 1 atom stereocenters. The van der Waals surface area contributed by atoms with Crippen molar-refractivity contribution in [1.29, 1.82) is 0 Å². The van der Waals surface area contributed by atoms with E-state index in [-0.39, 0.29) is 5.91 Å². The summed E-state index contributed by atoms with van der Waals surface area (Å²) in [5.41, 5.74) is 5.47. The van der Waals surface area contributed by atoms with E-state index in [1.807, 2.05) is 78.9 Å². The molecule has 0 saturated heterocycles. The van der Waals surface area contributed by atoms with Gasteiger partial charge in [-0.3, -0.25) is 4.79 Å². The minimum atomic E-state index is -0.697. The molecule has 3 aromatic carbocycles. The number of nitrogens with one attached hydrogen (secondary N) is 1. The lowest BCUT2D eigenvalue weighted by molar-refractivity contribution is -0.127. The number of carbonyl (C=O) groups excluding carboxylic acids is 1. The largest absolute Gasteiger partial charge is 0.489 e. The van der Waals surface area contributed by atoms with E-state index in [2.05, 4.69) is 17.1 Å². The van der Waals surface area contributed by atoms with Crippen LogP contribution in [-0.4, -0.2) is 24.8 Å². The number of nitrogens with zero attached hydrogens (tertiary/aromatic N) is 1. The second-order valence-electron chi connectivity index (χ2n) is 6.52. The maximum atomic E-state index is 12.3. The molecule has 0 radical (unpaired) electrons. The van der Waals surface area contributed by atoms with E-state index in [1.165, 1.54) is 6.21 Å². The predicted molar refractivity (Wildman–Crippen MR) is 120 cm³/mol. The number of hydrazone groups is 1. The second-order valence-corrected chi connectivity index (χ2v) is 6.52. The molecule has 0 spiro atoms. The lowest BCUT2D eigenvalue weighted by atomic mass is 10.1. The van der Waals surface area contributed by atoms with Gasteiger partial charge in [0.25, 0.3) is 5.91 Å². The van der Waals surface area contributed by atoms with Crippen molar-refractivity contribution < 1.29 is 14.3 Å². The average molecular weight is 400 g/mol. The Morgan fingerprint density at radius 3 is 2.40 bits per heavy atom. The van der Waals surface area contributed by atoms with Crippen LogP contribution in [-0.2, 0) is 4.79 Å². The molecule has 1 unspecified atom stereocenters. The van der Waals surface area contributed by atoms with E-state index in [0.29, 0.717) is 18.1 Å². The first kappa shape index (κ1) is 20.9. The summed E-state index contributed by atoms with van der Waals surface area (Å²) in [5.74, 6) is 0.936. The van der Waals surface area contributed by atoms with Crippen LogP contribution in [0.3, 0.4) is 0 Å². The van der Waals surface area contributed by atoms with E-state index in [9.17, 15) is 4.79 Å². The van der Waals surface area contributed by atoms with Gasteiger partial charge in [-0.05, 0) is 42.3 Å². The Morgan fingerprint density at radius 1 is 1.00 bits per heavy atom. The first-order valence-corrected chi connectivity index (χ1v) is 9.65. The molecule has 0 aliphatic heterocycles. The smallest absolute Gasteiger partial charge is 0.280 e. The first-order valence-electron chi connectivity index (χ1n) is 9.65. The topological polar surface area (TPSA) is 59.9 Å². The number of hydrogen-bond acceptors (Lipinski definition) is 4. The number of carbonyl (C=O) groups is 1. The number of para-hydroxylation sites is 1. The monoisotopic (exact) mass is 400 g/mol. The Kier molecular flexibility index (Phi) is 7.39. The van der Waals surface area contributed by atoms with Crippen LogP contribution in [0.1, 0.15) is 12.5 Å². The summed E-state index contributed by atoms with van der Waals surface area (Å²) in [7, 11) is 0. The van der Waals surface area contributed by atoms with Crippen LogP contribution in [0.25, 0.3) is 11.1 Å². The summed E-state index contributed by atoms with van der Waals surface area (Å²) in [6, 6.07) is 25.1. The van der Waals surface area contributed by atoms with E-state index in [1.54, 1.807) is 13.0 Å². The van der Waals surface area contributed by atoms with Gasteiger partial charge in [0.05, 0.1) is 6.21 Å². The van der Waals surface area contributed by atoms with E-state index < -0.39 is 6.10 Å². The highest BCUT2D eigenvalue weighted by Gasteiger charge is 2.14. The van der Waals surface area contributed by atoms with Crippen LogP contribution in [0.15, 0.2) is 96.6 Å². The molecule has 1 N–H and O–H groups in total. The fourth-order valence-corrected chi connectivity index (χ4v) is 2.74. The molecule has 0 bridgehead atoms. The maximum Gasteiger partial charge on any atom is 0.280 e. The van der Waals surface area contributed by atoms with Crippen LogP contribution in [0, 0.1) is 0 Å². The summed E-state index contributed by atoms with van der Waals surface area (Å²) in [5, 5.41) is 4.02. The Morgan fingerprint density at radius 2 is 1.67 bits per heavy atom. The third-order valence-corrected chi connectivity index (χ3v) is 4.30. The number of rotatable bonds is 9. The Labute approximate surface area is 176 Å².